The third-order valence-corrected chi connectivity index (χ3v) is 5.53. The molecule has 2 N–H and O–H groups in total. The van der Waals surface area contributed by atoms with Gasteiger partial charge in [-0.1, -0.05) is 41.5 Å². The van der Waals surface area contributed by atoms with Gasteiger partial charge in [0, 0.05) is 16.6 Å². The Labute approximate surface area is 174 Å². The first-order valence-electron chi connectivity index (χ1n) is 8.64. The normalized spacial score (nSPS) is 11.3. The number of Topliss-reactive ketones (excluding diaryl/α,β-unsaturated/α-hetero) is 1. The first kappa shape index (κ1) is 20.4. The van der Waals surface area contributed by atoms with E-state index in [1.807, 2.05) is 19.9 Å². The van der Waals surface area contributed by atoms with Gasteiger partial charge in [-0.25, -0.2) is 4.98 Å². The molecule has 0 aliphatic rings. The predicted octanol–water partition coefficient (Wildman–Crippen LogP) is 4.20. The van der Waals surface area contributed by atoms with Crippen molar-refractivity contribution in [2.45, 2.75) is 25.5 Å². The number of phenols is 2. The third kappa shape index (κ3) is 4.39. The van der Waals surface area contributed by atoms with E-state index in [4.69, 9.17) is 0 Å². The Morgan fingerprint density at radius 2 is 1.93 bits per heavy atom. The van der Waals surface area contributed by atoms with Crippen LogP contribution in [-0.4, -0.2) is 31.3 Å². The van der Waals surface area contributed by atoms with Crippen LogP contribution in [0.3, 0.4) is 0 Å². The Morgan fingerprint density at radius 3 is 2.61 bits per heavy atom. The quantitative estimate of drug-likeness (QED) is 0.246. The van der Waals surface area contributed by atoms with Crippen LogP contribution in [0.25, 0.3) is 10.9 Å². The zero-order valence-electron chi connectivity index (χ0n) is 15.3. The van der Waals surface area contributed by atoms with Crippen LogP contribution in [0.15, 0.2) is 50.8 Å². The summed E-state index contributed by atoms with van der Waals surface area (Å²) in [4.78, 5) is 30.0. The van der Waals surface area contributed by atoms with E-state index in [1.54, 1.807) is 16.7 Å². The molecular formula is C20H19BrN2O4S. The maximum atomic E-state index is 13.0. The second-order valence-corrected chi connectivity index (χ2v) is 8.64. The lowest BCUT2D eigenvalue weighted by molar-refractivity contribution is 0.102. The van der Waals surface area contributed by atoms with Gasteiger partial charge >= 0.3 is 0 Å². The van der Waals surface area contributed by atoms with Crippen LogP contribution in [0.1, 0.15) is 24.2 Å². The molecule has 146 valence electrons. The highest BCUT2D eigenvalue weighted by Crippen LogP contribution is 2.27. The summed E-state index contributed by atoms with van der Waals surface area (Å²) in [7, 11) is 0. The van der Waals surface area contributed by atoms with Crippen LogP contribution in [0.2, 0.25) is 0 Å². The van der Waals surface area contributed by atoms with E-state index in [0.29, 0.717) is 22.6 Å². The Morgan fingerprint density at radius 1 is 1.18 bits per heavy atom. The summed E-state index contributed by atoms with van der Waals surface area (Å²) in [5, 5.41) is 20.0. The van der Waals surface area contributed by atoms with Gasteiger partial charge in [0.25, 0.3) is 5.56 Å². The molecule has 8 heteroatoms. The summed E-state index contributed by atoms with van der Waals surface area (Å²) in [5.41, 5.74) is 0.716. The van der Waals surface area contributed by atoms with Crippen LogP contribution in [0.4, 0.5) is 0 Å². The van der Waals surface area contributed by atoms with Gasteiger partial charge in [-0.15, -0.1) is 0 Å². The lowest BCUT2D eigenvalue weighted by Crippen LogP contribution is -2.25. The number of ketones is 1. The predicted molar refractivity (Wildman–Crippen MR) is 113 cm³/mol. The molecule has 0 bridgehead atoms. The monoisotopic (exact) mass is 462 g/mol. The van der Waals surface area contributed by atoms with E-state index in [1.165, 1.54) is 30.0 Å². The molecule has 0 amide bonds. The van der Waals surface area contributed by atoms with Gasteiger partial charge in [-0.3, -0.25) is 14.2 Å². The van der Waals surface area contributed by atoms with Gasteiger partial charge in [0.1, 0.15) is 0 Å². The molecule has 0 radical (unpaired) electrons. The first-order valence-corrected chi connectivity index (χ1v) is 10.4. The van der Waals surface area contributed by atoms with Gasteiger partial charge in [0.15, 0.2) is 22.4 Å². The molecule has 28 heavy (non-hydrogen) atoms. The molecule has 0 fully saturated rings. The average Bonchev–Trinajstić information content (AvgIpc) is 2.65. The third-order valence-electron chi connectivity index (χ3n) is 4.06. The molecule has 0 aliphatic carbocycles. The minimum Gasteiger partial charge on any atom is -0.504 e. The highest BCUT2D eigenvalue weighted by atomic mass is 79.9. The summed E-state index contributed by atoms with van der Waals surface area (Å²) in [5.74, 6) is -0.578. The second kappa shape index (κ2) is 8.36. The van der Waals surface area contributed by atoms with E-state index in [9.17, 15) is 19.8 Å². The topological polar surface area (TPSA) is 92.4 Å². The zero-order chi connectivity index (χ0) is 20.4. The summed E-state index contributed by atoms with van der Waals surface area (Å²) < 4.78 is 2.41. The Bertz CT molecular complexity index is 1110. The highest BCUT2D eigenvalue weighted by Gasteiger charge is 2.16. The van der Waals surface area contributed by atoms with Crippen molar-refractivity contribution in [3.8, 4) is 11.5 Å². The van der Waals surface area contributed by atoms with E-state index >= 15 is 0 Å². The molecular weight excluding hydrogens is 444 g/mol. The molecule has 3 rings (SSSR count). The number of nitrogens with zero attached hydrogens (tertiary/aromatic N) is 2. The number of carbonyl (C=O) groups excluding carboxylic acids is 1. The summed E-state index contributed by atoms with van der Waals surface area (Å²) >= 11 is 4.56. The molecule has 0 saturated heterocycles. The number of hydrogen-bond donors (Lipinski definition) is 2. The van der Waals surface area contributed by atoms with Crippen molar-refractivity contribution in [3.05, 3.63) is 56.8 Å². The lowest BCUT2D eigenvalue weighted by atomic mass is 10.1. The van der Waals surface area contributed by atoms with Crippen molar-refractivity contribution in [2.24, 2.45) is 5.92 Å². The Hall–Kier alpha value is -2.32. The van der Waals surface area contributed by atoms with Gasteiger partial charge in [-0.05, 0) is 42.3 Å². The molecule has 0 unspecified atom stereocenters. The maximum Gasteiger partial charge on any atom is 0.262 e. The van der Waals surface area contributed by atoms with Crippen molar-refractivity contribution in [3.63, 3.8) is 0 Å². The van der Waals surface area contributed by atoms with E-state index in [-0.39, 0.29) is 40.1 Å². The first-order chi connectivity index (χ1) is 13.3. The van der Waals surface area contributed by atoms with Gasteiger partial charge in [-0.2, -0.15) is 0 Å². The number of aromatic nitrogens is 2. The molecule has 6 nitrogen and oxygen atoms in total. The second-order valence-electron chi connectivity index (χ2n) is 6.78. The van der Waals surface area contributed by atoms with Crippen LogP contribution in [-0.2, 0) is 6.54 Å². The fourth-order valence-electron chi connectivity index (χ4n) is 2.72. The molecule has 0 spiro atoms. The largest absolute Gasteiger partial charge is 0.504 e. The molecule has 1 heterocycles. The van der Waals surface area contributed by atoms with E-state index in [0.717, 1.165) is 4.47 Å². The van der Waals surface area contributed by atoms with Gasteiger partial charge < -0.3 is 10.2 Å². The smallest absolute Gasteiger partial charge is 0.262 e. The number of rotatable bonds is 6. The average molecular weight is 463 g/mol. The van der Waals surface area contributed by atoms with Crippen LogP contribution < -0.4 is 5.56 Å². The lowest BCUT2D eigenvalue weighted by Gasteiger charge is -2.15. The van der Waals surface area contributed by atoms with Crippen LogP contribution in [0, 0.1) is 5.92 Å². The summed E-state index contributed by atoms with van der Waals surface area (Å²) in [6.07, 6.45) is 0. The molecule has 0 aliphatic heterocycles. The van der Waals surface area contributed by atoms with Crippen LogP contribution >= 0.6 is 27.7 Å². The number of hydrogen-bond acceptors (Lipinski definition) is 6. The SMILES string of the molecule is CC(C)Cn1c(SCC(=O)c2ccc(O)c(O)c2)nc2ccc(Br)cc2c1=O. The number of fused-ring (bicyclic) bond motifs is 1. The molecule has 0 saturated carbocycles. The Kier molecular flexibility index (Phi) is 6.10. The van der Waals surface area contributed by atoms with Crippen molar-refractivity contribution in [2.75, 3.05) is 5.75 Å². The number of thioether (sulfide) groups is 1. The number of benzene rings is 2. The number of phenolic OH excluding ortho intramolecular Hbond substituents is 2. The van der Waals surface area contributed by atoms with Crippen molar-refractivity contribution < 1.29 is 15.0 Å². The van der Waals surface area contributed by atoms with Crippen molar-refractivity contribution >= 4 is 44.4 Å². The van der Waals surface area contributed by atoms with Gasteiger partial charge in [0.2, 0.25) is 0 Å². The summed E-state index contributed by atoms with van der Waals surface area (Å²) in [6, 6.07) is 9.29. The van der Waals surface area contributed by atoms with Gasteiger partial charge in [0.05, 0.1) is 16.7 Å². The maximum absolute atomic E-state index is 13.0. The number of aromatic hydroxyl groups is 2. The number of carbonyl (C=O) groups is 1. The van der Waals surface area contributed by atoms with E-state index in [2.05, 4.69) is 20.9 Å². The standard InChI is InChI=1S/C20H19BrN2O4S/c1-11(2)9-23-19(27)14-8-13(21)4-5-15(14)22-20(23)28-10-18(26)12-3-6-16(24)17(25)7-12/h3-8,11,24-25H,9-10H2,1-2H3. The van der Waals surface area contributed by atoms with E-state index < -0.39 is 0 Å². The minimum absolute atomic E-state index is 0.0524. The molecule has 3 aromatic rings. The zero-order valence-corrected chi connectivity index (χ0v) is 17.7. The van der Waals surface area contributed by atoms with Crippen molar-refractivity contribution in [1.29, 1.82) is 0 Å². The molecule has 0 atom stereocenters. The highest BCUT2D eigenvalue weighted by molar-refractivity contribution is 9.10. The molecule has 1 aromatic heterocycles. The minimum atomic E-state index is -0.345. The number of halogens is 1. The Balaban J connectivity index is 1.94. The van der Waals surface area contributed by atoms with Crippen molar-refractivity contribution in [1.82, 2.24) is 9.55 Å². The molecule has 2 aromatic carbocycles. The fourth-order valence-corrected chi connectivity index (χ4v) is 3.98. The summed E-state index contributed by atoms with van der Waals surface area (Å²) in [6.45, 7) is 4.51. The fraction of sp³-hybridized carbons (Fsp3) is 0.250. The van der Waals surface area contributed by atoms with Crippen LogP contribution in [0.5, 0.6) is 11.5 Å².